The minimum absolute atomic E-state index is 0.0532. The van der Waals surface area contributed by atoms with Gasteiger partial charge in [0, 0.05) is 10.9 Å². The second-order valence-electron chi connectivity index (χ2n) is 5.83. The molecule has 130 valence electrons. The van der Waals surface area contributed by atoms with Crippen molar-refractivity contribution in [3.8, 4) is 0 Å². The highest BCUT2D eigenvalue weighted by molar-refractivity contribution is 6.31. The number of alkyl halides is 3. The topological polar surface area (TPSA) is 41.5 Å². The lowest BCUT2D eigenvalue weighted by atomic mass is 10.1. The third-order valence-electron chi connectivity index (χ3n) is 4.03. The van der Waals surface area contributed by atoms with Crippen LogP contribution in [0.4, 0.5) is 13.2 Å². The lowest BCUT2D eigenvalue weighted by Crippen LogP contribution is -2.20. The van der Waals surface area contributed by atoms with E-state index in [1.165, 1.54) is 18.3 Å². The van der Waals surface area contributed by atoms with E-state index in [0.29, 0.717) is 11.4 Å². The molecular formula is C18H14ClF3N2O. The molecule has 2 atom stereocenters. The Labute approximate surface area is 147 Å². The predicted molar refractivity (Wildman–Crippen MR) is 89.5 cm³/mol. The first-order chi connectivity index (χ1) is 11.9. The number of carbonyl (C=O) groups excluding carboxylic acids is 1. The van der Waals surface area contributed by atoms with Crippen molar-refractivity contribution in [2.75, 3.05) is 0 Å². The standard InChI is InChI=1S/C18H14ClF3N2O/c19-16-7-2-1-6-13(16)14-9-15(14)17(25)24-23-10-11-4-3-5-12(8-11)18(20,21)22/h1-8,10,14-15H,9H2,(H,24,25). The molecule has 1 aliphatic carbocycles. The van der Waals surface area contributed by atoms with Gasteiger partial charge in [-0.1, -0.05) is 41.9 Å². The largest absolute Gasteiger partial charge is 0.416 e. The number of hydrogen-bond donors (Lipinski definition) is 1. The van der Waals surface area contributed by atoms with Gasteiger partial charge in [-0.2, -0.15) is 18.3 Å². The smallest absolute Gasteiger partial charge is 0.273 e. The summed E-state index contributed by atoms with van der Waals surface area (Å²) in [7, 11) is 0. The van der Waals surface area contributed by atoms with E-state index in [1.807, 2.05) is 18.2 Å². The first-order valence-corrected chi connectivity index (χ1v) is 7.98. The minimum Gasteiger partial charge on any atom is -0.273 e. The number of benzene rings is 2. The maximum atomic E-state index is 12.6. The van der Waals surface area contributed by atoms with Crippen molar-refractivity contribution in [1.29, 1.82) is 0 Å². The maximum Gasteiger partial charge on any atom is 0.416 e. The Morgan fingerprint density at radius 2 is 1.96 bits per heavy atom. The lowest BCUT2D eigenvalue weighted by molar-refractivity contribution is -0.137. The fraction of sp³-hybridized carbons (Fsp3) is 0.222. The van der Waals surface area contributed by atoms with E-state index < -0.39 is 11.7 Å². The van der Waals surface area contributed by atoms with Gasteiger partial charge in [0.1, 0.15) is 0 Å². The zero-order chi connectivity index (χ0) is 18.0. The fourth-order valence-electron chi connectivity index (χ4n) is 2.65. The van der Waals surface area contributed by atoms with Crippen LogP contribution in [0.2, 0.25) is 5.02 Å². The Morgan fingerprint density at radius 3 is 2.68 bits per heavy atom. The first kappa shape index (κ1) is 17.5. The van der Waals surface area contributed by atoms with E-state index in [-0.39, 0.29) is 23.3 Å². The van der Waals surface area contributed by atoms with Crippen molar-refractivity contribution < 1.29 is 18.0 Å². The summed E-state index contributed by atoms with van der Waals surface area (Å²) in [4.78, 5) is 12.1. The molecule has 1 saturated carbocycles. The number of hydrogen-bond acceptors (Lipinski definition) is 2. The number of halogens is 4. The summed E-state index contributed by atoms with van der Waals surface area (Å²) in [5, 5.41) is 4.37. The van der Waals surface area contributed by atoms with Gasteiger partial charge in [-0.25, -0.2) is 5.43 Å². The third kappa shape index (κ3) is 4.20. The van der Waals surface area contributed by atoms with Gasteiger partial charge in [0.2, 0.25) is 5.91 Å². The van der Waals surface area contributed by atoms with Crippen LogP contribution in [0.15, 0.2) is 53.6 Å². The molecule has 0 bridgehead atoms. The highest BCUT2D eigenvalue weighted by atomic mass is 35.5. The van der Waals surface area contributed by atoms with E-state index in [4.69, 9.17) is 11.6 Å². The monoisotopic (exact) mass is 366 g/mol. The zero-order valence-corrected chi connectivity index (χ0v) is 13.7. The summed E-state index contributed by atoms with van der Waals surface area (Å²) in [6.45, 7) is 0. The molecule has 0 heterocycles. The van der Waals surface area contributed by atoms with Crippen LogP contribution in [0.25, 0.3) is 0 Å². The Hall–Kier alpha value is -2.34. The van der Waals surface area contributed by atoms with E-state index in [1.54, 1.807) is 6.07 Å². The van der Waals surface area contributed by atoms with Crippen LogP contribution < -0.4 is 5.43 Å². The van der Waals surface area contributed by atoms with Crippen LogP contribution in [0.5, 0.6) is 0 Å². The van der Waals surface area contributed by atoms with Gasteiger partial charge in [0.15, 0.2) is 0 Å². The molecule has 0 radical (unpaired) electrons. The number of nitrogens with zero attached hydrogens (tertiary/aromatic N) is 1. The van der Waals surface area contributed by atoms with E-state index in [0.717, 1.165) is 17.7 Å². The molecule has 2 aromatic rings. The number of hydrazone groups is 1. The Morgan fingerprint density at radius 1 is 1.20 bits per heavy atom. The fourth-order valence-corrected chi connectivity index (χ4v) is 2.93. The molecule has 7 heteroatoms. The normalized spacial score (nSPS) is 19.8. The van der Waals surface area contributed by atoms with Gasteiger partial charge in [-0.05, 0) is 41.7 Å². The highest BCUT2D eigenvalue weighted by Gasteiger charge is 2.44. The molecular weight excluding hydrogens is 353 g/mol. The molecule has 1 N–H and O–H groups in total. The van der Waals surface area contributed by atoms with Gasteiger partial charge >= 0.3 is 6.18 Å². The Kier molecular flexibility index (Phi) is 4.81. The SMILES string of the molecule is O=C(NN=Cc1cccc(C(F)(F)F)c1)C1CC1c1ccccc1Cl. The number of rotatable bonds is 4. The molecule has 0 spiro atoms. The van der Waals surface area contributed by atoms with E-state index in [2.05, 4.69) is 10.5 Å². The minimum atomic E-state index is -4.41. The van der Waals surface area contributed by atoms with Crippen molar-refractivity contribution in [3.63, 3.8) is 0 Å². The second-order valence-corrected chi connectivity index (χ2v) is 6.23. The van der Waals surface area contributed by atoms with E-state index in [9.17, 15) is 18.0 Å². The van der Waals surface area contributed by atoms with Crippen LogP contribution in [-0.2, 0) is 11.0 Å². The highest BCUT2D eigenvalue weighted by Crippen LogP contribution is 2.49. The van der Waals surface area contributed by atoms with Crippen LogP contribution in [0.1, 0.15) is 29.0 Å². The van der Waals surface area contributed by atoms with Crippen LogP contribution in [0.3, 0.4) is 0 Å². The van der Waals surface area contributed by atoms with Crippen LogP contribution in [-0.4, -0.2) is 12.1 Å². The quantitative estimate of drug-likeness (QED) is 0.623. The van der Waals surface area contributed by atoms with Gasteiger partial charge in [0.25, 0.3) is 0 Å². The molecule has 0 saturated heterocycles. The summed E-state index contributed by atoms with van der Waals surface area (Å²) < 4.78 is 37.9. The zero-order valence-electron chi connectivity index (χ0n) is 12.9. The van der Waals surface area contributed by atoms with Gasteiger partial charge in [-0.3, -0.25) is 4.79 Å². The molecule has 3 rings (SSSR count). The number of nitrogens with one attached hydrogen (secondary N) is 1. The summed E-state index contributed by atoms with van der Waals surface area (Å²) in [6, 6.07) is 12.1. The Bertz CT molecular complexity index is 820. The van der Waals surface area contributed by atoms with Crippen LogP contribution in [0, 0.1) is 5.92 Å². The maximum absolute atomic E-state index is 12.6. The Balaban J connectivity index is 1.59. The van der Waals surface area contributed by atoms with Crippen molar-refractivity contribution in [2.24, 2.45) is 11.0 Å². The number of amides is 1. The van der Waals surface area contributed by atoms with Crippen molar-refractivity contribution in [2.45, 2.75) is 18.5 Å². The predicted octanol–water partition coefficient (Wildman–Crippen LogP) is 4.61. The molecule has 0 aliphatic heterocycles. The molecule has 25 heavy (non-hydrogen) atoms. The van der Waals surface area contributed by atoms with Crippen molar-refractivity contribution in [1.82, 2.24) is 5.43 Å². The van der Waals surface area contributed by atoms with Gasteiger partial charge < -0.3 is 0 Å². The molecule has 1 amide bonds. The molecule has 2 aromatic carbocycles. The average Bonchev–Trinajstić information content (AvgIpc) is 3.35. The molecule has 3 nitrogen and oxygen atoms in total. The molecule has 1 fully saturated rings. The second kappa shape index (κ2) is 6.88. The number of carbonyl (C=O) groups is 1. The third-order valence-corrected chi connectivity index (χ3v) is 4.38. The van der Waals surface area contributed by atoms with Crippen LogP contribution >= 0.6 is 11.6 Å². The molecule has 0 aromatic heterocycles. The van der Waals surface area contributed by atoms with Gasteiger partial charge in [-0.15, -0.1) is 0 Å². The molecule has 2 unspecified atom stereocenters. The average molecular weight is 367 g/mol. The van der Waals surface area contributed by atoms with Crippen molar-refractivity contribution in [3.05, 3.63) is 70.2 Å². The lowest BCUT2D eigenvalue weighted by Gasteiger charge is -2.06. The summed E-state index contributed by atoms with van der Waals surface area (Å²) in [5.41, 5.74) is 2.80. The molecule has 1 aliphatic rings. The van der Waals surface area contributed by atoms with E-state index >= 15 is 0 Å². The van der Waals surface area contributed by atoms with Gasteiger partial charge in [0.05, 0.1) is 11.8 Å². The summed E-state index contributed by atoms with van der Waals surface area (Å²) >= 11 is 6.11. The summed E-state index contributed by atoms with van der Waals surface area (Å²) in [6.07, 6.45) is -2.54. The summed E-state index contributed by atoms with van der Waals surface area (Å²) in [5.74, 6) is -0.441. The van der Waals surface area contributed by atoms with Crippen molar-refractivity contribution >= 4 is 23.7 Å². The first-order valence-electron chi connectivity index (χ1n) is 7.61.